The predicted molar refractivity (Wildman–Crippen MR) is 125 cm³/mol. The molecule has 0 atom stereocenters. The van der Waals surface area contributed by atoms with Gasteiger partial charge in [-0.1, -0.05) is 36.4 Å². The molecule has 3 aromatic rings. The van der Waals surface area contributed by atoms with Crippen molar-refractivity contribution < 1.29 is 26.8 Å². The monoisotopic (exact) mass is 499 g/mol. The Morgan fingerprint density at radius 2 is 1.34 bits per heavy atom. The molecule has 2 amide bonds. The summed E-state index contributed by atoms with van der Waals surface area (Å²) in [5.41, 5.74) is 1.05. The lowest BCUT2D eigenvalue weighted by atomic mass is 10.1. The zero-order valence-corrected chi connectivity index (χ0v) is 19.5. The summed E-state index contributed by atoms with van der Waals surface area (Å²) in [6.45, 7) is 0.977. The Hall–Kier alpha value is -3.63. The molecular formula is C25H23F2N3O4S. The van der Waals surface area contributed by atoms with Crippen LogP contribution in [0.1, 0.15) is 26.3 Å². The van der Waals surface area contributed by atoms with Gasteiger partial charge < -0.3 is 9.80 Å². The van der Waals surface area contributed by atoms with E-state index in [0.717, 1.165) is 17.7 Å². The van der Waals surface area contributed by atoms with E-state index in [0.29, 0.717) is 0 Å². The van der Waals surface area contributed by atoms with Crippen LogP contribution in [0.3, 0.4) is 0 Å². The molecule has 1 aliphatic rings. The summed E-state index contributed by atoms with van der Waals surface area (Å²) in [5.74, 6) is -2.94. The van der Waals surface area contributed by atoms with Crippen LogP contribution in [-0.2, 0) is 16.6 Å². The number of halogens is 2. The molecule has 10 heteroatoms. The summed E-state index contributed by atoms with van der Waals surface area (Å²) < 4.78 is 54.6. The number of amides is 2. The highest BCUT2D eigenvalue weighted by Gasteiger charge is 2.27. The average molecular weight is 500 g/mol. The number of piperazine rings is 1. The third kappa shape index (κ3) is 5.72. The normalized spacial score (nSPS) is 14.1. The van der Waals surface area contributed by atoms with Crippen LogP contribution in [0.5, 0.6) is 0 Å². The fourth-order valence-electron chi connectivity index (χ4n) is 3.76. The molecule has 7 nitrogen and oxygen atoms in total. The second kappa shape index (κ2) is 10.3. The summed E-state index contributed by atoms with van der Waals surface area (Å²) in [5, 5.41) is 0. The Bertz CT molecular complexity index is 1340. The van der Waals surface area contributed by atoms with E-state index >= 15 is 0 Å². The maximum absolute atomic E-state index is 13.5. The van der Waals surface area contributed by atoms with Gasteiger partial charge >= 0.3 is 0 Å². The van der Waals surface area contributed by atoms with E-state index in [2.05, 4.69) is 4.72 Å². The summed E-state index contributed by atoms with van der Waals surface area (Å²) in [7, 11) is -3.83. The SMILES string of the molecule is O=C(c1cccc(S(=O)(=O)NCc2ccccc2)c1)N1CCN(C(=O)c2ccc(F)c(F)c2)CC1. The minimum Gasteiger partial charge on any atom is -0.335 e. The Kier molecular flexibility index (Phi) is 7.23. The maximum Gasteiger partial charge on any atom is 0.254 e. The van der Waals surface area contributed by atoms with Gasteiger partial charge in [-0.2, -0.15) is 0 Å². The van der Waals surface area contributed by atoms with Gasteiger partial charge in [-0.05, 0) is 42.0 Å². The minimum absolute atomic E-state index is 0.0218. The summed E-state index contributed by atoms with van der Waals surface area (Å²) in [4.78, 5) is 28.6. The van der Waals surface area contributed by atoms with E-state index < -0.39 is 27.6 Å². The van der Waals surface area contributed by atoms with Crippen molar-refractivity contribution >= 4 is 21.8 Å². The van der Waals surface area contributed by atoms with Crippen molar-refractivity contribution in [2.45, 2.75) is 11.4 Å². The molecule has 182 valence electrons. The zero-order valence-electron chi connectivity index (χ0n) is 18.7. The topological polar surface area (TPSA) is 86.8 Å². The van der Waals surface area contributed by atoms with Gasteiger partial charge in [0.15, 0.2) is 11.6 Å². The molecule has 0 aromatic heterocycles. The standard InChI is InChI=1S/C25H23F2N3O4S/c26-22-10-9-20(16-23(22)27)25(32)30-13-11-29(12-14-30)24(31)19-7-4-8-21(15-19)35(33,34)28-17-18-5-2-1-3-6-18/h1-10,15-16,28H,11-14,17H2. The first-order valence-electron chi connectivity index (χ1n) is 10.9. The van der Waals surface area contributed by atoms with Crippen molar-refractivity contribution in [2.24, 2.45) is 0 Å². The molecule has 35 heavy (non-hydrogen) atoms. The van der Waals surface area contributed by atoms with Crippen LogP contribution in [-0.4, -0.2) is 56.2 Å². The first-order valence-corrected chi connectivity index (χ1v) is 12.4. The van der Waals surface area contributed by atoms with Crippen LogP contribution in [0.15, 0.2) is 77.7 Å². The molecule has 3 aromatic carbocycles. The summed E-state index contributed by atoms with van der Waals surface area (Å²) in [6.07, 6.45) is 0. The fraction of sp³-hybridized carbons (Fsp3) is 0.200. The number of nitrogens with one attached hydrogen (secondary N) is 1. The van der Waals surface area contributed by atoms with Gasteiger partial charge in [0.2, 0.25) is 10.0 Å². The van der Waals surface area contributed by atoms with Crippen LogP contribution in [0.2, 0.25) is 0 Å². The molecule has 1 aliphatic heterocycles. The van der Waals surface area contributed by atoms with Crippen molar-refractivity contribution in [3.8, 4) is 0 Å². The molecule has 0 spiro atoms. The number of hydrogen-bond acceptors (Lipinski definition) is 4. The highest BCUT2D eigenvalue weighted by molar-refractivity contribution is 7.89. The van der Waals surface area contributed by atoms with Gasteiger partial charge in [-0.3, -0.25) is 9.59 Å². The molecule has 1 heterocycles. The molecule has 0 unspecified atom stereocenters. The van der Waals surface area contributed by atoms with E-state index in [1.807, 2.05) is 18.2 Å². The molecule has 1 fully saturated rings. The van der Waals surface area contributed by atoms with Gasteiger partial charge in [-0.25, -0.2) is 21.9 Å². The van der Waals surface area contributed by atoms with E-state index in [9.17, 15) is 26.8 Å². The van der Waals surface area contributed by atoms with Crippen LogP contribution < -0.4 is 4.72 Å². The summed E-state index contributed by atoms with van der Waals surface area (Å²) >= 11 is 0. The lowest BCUT2D eigenvalue weighted by Gasteiger charge is -2.35. The van der Waals surface area contributed by atoms with E-state index in [1.54, 1.807) is 12.1 Å². The minimum atomic E-state index is -3.83. The largest absolute Gasteiger partial charge is 0.335 e. The van der Waals surface area contributed by atoms with Gasteiger partial charge in [0.1, 0.15) is 0 Å². The fourth-order valence-corrected chi connectivity index (χ4v) is 4.82. The van der Waals surface area contributed by atoms with Gasteiger partial charge in [0.05, 0.1) is 4.90 Å². The third-order valence-corrected chi connectivity index (χ3v) is 7.12. The molecule has 0 aliphatic carbocycles. The second-order valence-corrected chi connectivity index (χ2v) is 9.82. The Balaban J connectivity index is 1.39. The number of carbonyl (C=O) groups excluding carboxylic acids is 2. The lowest BCUT2D eigenvalue weighted by molar-refractivity contribution is 0.0535. The molecular weight excluding hydrogens is 476 g/mol. The average Bonchev–Trinajstić information content (AvgIpc) is 2.89. The van der Waals surface area contributed by atoms with E-state index in [1.165, 1.54) is 40.1 Å². The highest BCUT2D eigenvalue weighted by Crippen LogP contribution is 2.17. The second-order valence-electron chi connectivity index (χ2n) is 8.05. The van der Waals surface area contributed by atoms with Crippen molar-refractivity contribution in [3.05, 3.63) is 101 Å². The molecule has 0 radical (unpaired) electrons. The number of benzene rings is 3. The van der Waals surface area contributed by atoms with Crippen molar-refractivity contribution in [3.63, 3.8) is 0 Å². The van der Waals surface area contributed by atoms with Crippen LogP contribution in [0.25, 0.3) is 0 Å². The van der Waals surface area contributed by atoms with Crippen LogP contribution in [0, 0.1) is 11.6 Å². The van der Waals surface area contributed by atoms with Crippen molar-refractivity contribution in [1.82, 2.24) is 14.5 Å². The maximum atomic E-state index is 13.5. The van der Waals surface area contributed by atoms with Gasteiger partial charge in [0.25, 0.3) is 11.8 Å². The lowest BCUT2D eigenvalue weighted by Crippen LogP contribution is -2.50. The van der Waals surface area contributed by atoms with E-state index in [4.69, 9.17) is 0 Å². The molecule has 4 rings (SSSR count). The first-order chi connectivity index (χ1) is 16.7. The molecule has 0 bridgehead atoms. The van der Waals surface area contributed by atoms with E-state index in [-0.39, 0.29) is 54.7 Å². The molecule has 0 saturated carbocycles. The quantitative estimate of drug-likeness (QED) is 0.565. The summed E-state index contributed by atoms with van der Waals surface area (Å²) in [6, 6.07) is 17.8. The van der Waals surface area contributed by atoms with Crippen LogP contribution in [0.4, 0.5) is 8.78 Å². The Morgan fingerprint density at radius 3 is 1.94 bits per heavy atom. The Labute approximate surface area is 202 Å². The first kappa shape index (κ1) is 24.5. The zero-order chi connectivity index (χ0) is 25.0. The predicted octanol–water partition coefficient (Wildman–Crippen LogP) is 3.04. The number of nitrogens with zero attached hydrogens (tertiary/aromatic N) is 2. The molecule has 1 saturated heterocycles. The highest BCUT2D eigenvalue weighted by atomic mass is 32.2. The van der Waals surface area contributed by atoms with Crippen LogP contribution >= 0.6 is 0 Å². The van der Waals surface area contributed by atoms with Crippen molar-refractivity contribution in [2.75, 3.05) is 26.2 Å². The van der Waals surface area contributed by atoms with Crippen molar-refractivity contribution in [1.29, 1.82) is 0 Å². The number of rotatable bonds is 6. The number of hydrogen-bond donors (Lipinski definition) is 1. The third-order valence-electron chi connectivity index (χ3n) is 5.72. The van der Waals surface area contributed by atoms with Gasteiger partial charge in [-0.15, -0.1) is 0 Å². The Morgan fingerprint density at radius 1 is 0.743 bits per heavy atom. The van der Waals surface area contributed by atoms with Gasteiger partial charge in [0, 0.05) is 43.9 Å². The molecule has 1 N–H and O–H groups in total. The number of sulfonamides is 1. The number of carbonyl (C=O) groups is 2. The smallest absolute Gasteiger partial charge is 0.254 e.